The SMILES string of the molecule is O=[N+]([O-])c1ccc(NCC2(CO)CCCC2)cn1. The van der Waals surface area contributed by atoms with Crippen molar-refractivity contribution in [3.05, 3.63) is 28.4 Å². The van der Waals surface area contributed by atoms with Crippen LogP contribution in [-0.4, -0.2) is 28.2 Å². The fourth-order valence-electron chi connectivity index (χ4n) is 2.40. The Balaban J connectivity index is 1.95. The van der Waals surface area contributed by atoms with E-state index in [4.69, 9.17) is 0 Å². The van der Waals surface area contributed by atoms with Crippen LogP contribution in [0.25, 0.3) is 0 Å². The number of aliphatic hydroxyl groups is 1. The predicted octanol–water partition coefficient (Wildman–Crippen LogP) is 1.95. The van der Waals surface area contributed by atoms with Gasteiger partial charge >= 0.3 is 5.82 Å². The van der Waals surface area contributed by atoms with E-state index in [-0.39, 0.29) is 17.8 Å². The molecule has 0 aromatic carbocycles. The van der Waals surface area contributed by atoms with E-state index in [2.05, 4.69) is 10.3 Å². The Kier molecular flexibility index (Phi) is 3.76. The Bertz CT molecular complexity index is 413. The summed E-state index contributed by atoms with van der Waals surface area (Å²) in [7, 11) is 0. The van der Waals surface area contributed by atoms with E-state index in [1.807, 2.05) is 0 Å². The lowest BCUT2D eigenvalue weighted by Crippen LogP contribution is -2.30. The standard InChI is InChI=1S/C12H17N3O3/c16-9-12(5-1-2-6-12)8-14-10-3-4-11(13-7-10)15(17)18/h3-4,7,14,16H,1-2,5-6,8-9H2. The lowest BCUT2D eigenvalue weighted by atomic mass is 9.87. The van der Waals surface area contributed by atoms with E-state index < -0.39 is 4.92 Å². The van der Waals surface area contributed by atoms with Crippen LogP contribution in [0.2, 0.25) is 0 Å². The molecule has 2 rings (SSSR count). The summed E-state index contributed by atoms with van der Waals surface area (Å²) >= 11 is 0. The van der Waals surface area contributed by atoms with Crippen molar-refractivity contribution in [1.82, 2.24) is 4.98 Å². The Morgan fingerprint density at radius 2 is 2.17 bits per heavy atom. The largest absolute Gasteiger partial charge is 0.396 e. The summed E-state index contributed by atoms with van der Waals surface area (Å²) in [5, 5.41) is 23.1. The van der Waals surface area contributed by atoms with Gasteiger partial charge in [0.1, 0.15) is 0 Å². The summed E-state index contributed by atoms with van der Waals surface area (Å²) in [4.78, 5) is 13.7. The number of hydrogen-bond donors (Lipinski definition) is 2. The summed E-state index contributed by atoms with van der Waals surface area (Å²) in [6.07, 6.45) is 5.81. The van der Waals surface area contributed by atoms with Crippen molar-refractivity contribution in [3.8, 4) is 0 Å². The minimum atomic E-state index is -0.518. The number of aliphatic hydroxyl groups excluding tert-OH is 1. The van der Waals surface area contributed by atoms with Crippen molar-refractivity contribution in [3.63, 3.8) is 0 Å². The average molecular weight is 251 g/mol. The molecule has 6 heteroatoms. The number of rotatable bonds is 5. The van der Waals surface area contributed by atoms with Crippen LogP contribution in [0, 0.1) is 15.5 Å². The Morgan fingerprint density at radius 3 is 2.67 bits per heavy atom. The second kappa shape index (κ2) is 5.30. The molecule has 0 aliphatic heterocycles. The second-order valence-electron chi connectivity index (χ2n) is 4.88. The normalized spacial score (nSPS) is 17.6. The second-order valence-corrected chi connectivity index (χ2v) is 4.88. The molecule has 0 radical (unpaired) electrons. The van der Waals surface area contributed by atoms with Crippen LogP contribution < -0.4 is 5.32 Å². The van der Waals surface area contributed by atoms with E-state index >= 15 is 0 Å². The highest BCUT2D eigenvalue weighted by Gasteiger charge is 2.32. The first-order valence-corrected chi connectivity index (χ1v) is 6.10. The highest BCUT2D eigenvalue weighted by atomic mass is 16.6. The maximum Gasteiger partial charge on any atom is 0.363 e. The molecule has 1 aromatic heterocycles. The molecule has 1 saturated carbocycles. The zero-order chi connectivity index (χ0) is 13.0. The third kappa shape index (κ3) is 2.76. The van der Waals surface area contributed by atoms with Gasteiger partial charge in [-0.1, -0.05) is 12.8 Å². The minimum Gasteiger partial charge on any atom is -0.396 e. The van der Waals surface area contributed by atoms with Crippen molar-refractivity contribution in [2.45, 2.75) is 25.7 Å². The Hall–Kier alpha value is -1.69. The third-order valence-corrected chi connectivity index (χ3v) is 3.60. The van der Waals surface area contributed by atoms with Crippen LogP contribution in [0.1, 0.15) is 25.7 Å². The van der Waals surface area contributed by atoms with Gasteiger partial charge in [0.2, 0.25) is 0 Å². The van der Waals surface area contributed by atoms with Crippen LogP contribution in [-0.2, 0) is 0 Å². The molecule has 2 N–H and O–H groups in total. The zero-order valence-electron chi connectivity index (χ0n) is 10.1. The number of nitro groups is 1. The summed E-state index contributed by atoms with van der Waals surface area (Å²) in [6, 6.07) is 3.02. The monoisotopic (exact) mass is 251 g/mol. The number of aromatic nitrogens is 1. The van der Waals surface area contributed by atoms with Crippen LogP contribution >= 0.6 is 0 Å². The van der Waals surface area contributed by atoms with E-state index in [1.165, 1.54) is 12.3 Å². The Morgan fingerprint density at radius 1 is 1.44 bits per heavy atom. The number of anilines is 1. The predicted molar refractivity (Wildman–Crippen MR) is 67.4 cm³/mol. The molecule has 1 aromatic rings. The smallest absolute Gasteiger partial charge is 0.363 e. The first-order valence-electron chi connectivity index (χ1n) is 6.10. The molecule has 0 bridgehead atoms. The first kappa shape index (κ1) is 12.8. The van der Waals surface area contributed by atoms with Crippen molar-refractivity contribution >= 4 is 11.5 Å². The van der Waals surface area contributed by atoms with Gasteiger partial charge in [-0.2, -0.15) is 0 Å². The van der Waals surface area contributed by atoms with Gasteiger partial charge in [0.25, 0.3) is 0 Å². The summed E-state index contributed by atoms with van der Waals surface area (Å²) in [6.45, 7) is 0.864. The molecular weight excluding hydrogens is 234 g/mol. The molecular formula is C12H17N3O3. The lowest BCUT2D eigenvalue weighted by Gasteiger charge is -2.26. The van der Waals surface area contributed by atoms with Gasteiger partial charge < -0.3 is 20.5 Å². The van der Waals surface area contributed by atoms with E-state index in [0.29, 0.717) is 6.54 Å². The third-order valence-electron chi connectivity index (χ3n) is 3.60. The van der Waals surface area contributed by atoms with Crippen molar-refractivity contribution in [2.24, 2.45) is 5.41 Å². The molecule has 1 aliphatic rings. The molecule has 6 nitrogen and oxygen atoms in total. The number of nitrogens with zero attached hydrogens (tertiary/aromatic N) is 2. The van der Waals surface area contributed by atoms with Gasteiger partial charge in [-0.15, -0.1) is 0 Å². The van der Waals surface area contributed by atoms with Crippen LogP contribution in [0.4, 0.5) is 11.5 Å². The molecule has 0 saturated heterocycles. The molecule has 0 atom stereocenters. The lowest BCUT2D eigenvalue weighted by molar-refractivity contribution is -0.389. The molecule has 1 fully saturated rings. The Labute approximate surface area is 105 Å². The number of nitrogens with one attached hydrogen (secondary N) is 1. The molecule has 0 unspecified atom stereocenters. The van der Waals surface area contributed by atoms with Gasteiger partial charge in [0.15, 0.2) is 6.20 Å². The van der Waals surface area contributed by atoms with Crippen LogP contribution in [0.15, 0.2) is 18.3 Å². The van der Waals surface area contributed by atoms with Gasteiger partial charge in [-0.05, 0) is 28.8 Å². The fourth-order valence-corrected chi connectivity index (χ4v) is 2.40. The van der Waals surface area contributed by atoms with E-state index in [9.17, 15) is 15.2 Å². The van der Waals surface area contributed by atoms with Crippen molar-refractivity contribution in [1.29, 1.82) is 0 Å². The van der Waals surface area contributed by atoms with Gasteiger partial charge in [-0.3, -0.25) is 0 Å². The molecule has 0 spiro atoms. The molecule has 1 aliphatic carbocycles. The summed E-state index contributed by atoms with van der Waals surface area (Å²) in [5.74, 6) is -0.154. The molecule has 98 valence electrons. The van der Waals surface area contributed by atoms with E-state index in [1.54, 1.807) is 6.07 Å². The fraction of sp³-hybridized carbons (Fsp3) is 0.583. The van der Waals surface area contributed by atoms with Gasteiger partial charge in [0, 0.05) is 18.0 Å². The number of pyridine rings is 1. The van der Waals surface area contributed by atoms with Crippen molar-refractivity contribution in [2.75, 3.05) is 18.5 Å². The van der Waals surface area contributed by atoms with Gasteiger partial charge in [-0.25, -0.2) is 0 Å². The average Bonchev–Trinajstić information content (AvgIpc) is 2.86. The maximum atomic E-state index is 10.5. The van der Waals surface area contributed by atoms with Crippen molar-refractivity contribution < 1.29 is 10.0 Å². The highest BCUT2D eigenvalue weighted by molar-refractivity contribution is 5.43. The first-order chi connectivity index (χ1) is 8.65. The summed E-state index contributed by atoms with van der Waals surface area (Å²) < 4.78 is 0. The maximum absolute atomic E-state index is 10.5. The quantitative estimate of drug-likeness (QED) is 0.616. The topological polar surface area (TPSA) is 88.3 Å². The molecule has 0 amide bonds. The van der Waals surface area contributed by atoms with Gasteiger partial charge in [0.05, 0.1) is 12.3 Å². The molecule has 18 heavy (non-hydrogen) atoms. The van der Waals surface area contributed by atoms with E-state index in [0.717, 1.165) is 31.4 Å². The zero-order valence-corrected chi connectivity index (χ0v) is 10.1. The minimum absolute atomic E-state index is 0.0399. The highest BCUT2D eigenvalue weighted by Crippen LogP contribution is 2.37. The number of hydrogen-bond acceptors (Lipinski definition) is 5. The molecule has 1 heterocycles. The summed E-state index contributed by atoms with van der Waals surface area (Å²) in [5.41, 5.74) is 0.710. The van der Waals surface area contributed by atoms with Crippen LogP contribution in [0.5, 0.6) is 0 Å². The van der Waals surface area contributed by atoms with Crippen LogP contribution in [0.3, 0.4) is 0 Å².